The van der Waals surface area contributed by atoms with Crippen molar-refractivity contribution < 1.29 is 14.3 Å². The molecule has 2 rings (SSSR count). The van der Waals surface area contributed by atoms with Crippen LogP contribution in [-0.4, -0.2) is 51.9 Å². The number of methoxy groups -OCH3 is 2. The number of carbonyl (C=O) groups is 1. The smallest absolute Gasteiger partial charge is 0.317 e. The molecule has 5 nitrogen and oxygen atoms in total. The second-order valence-corrected chi connectivity index (χ2v) is 5.75. The summed E-state index contributed by atoms with van der Waals surface area (Å²) >= 11 is 0. The molecular weight excluding hydrogens is 280 g/mol. The average molecular weight is 306 g/mol. The van der Waals surface area contributed by atoms with Crippen molar-refractivity contribution in [1.29, 1.82) is 0 Å². The highest BCUT2D eigenvalue weighted by Crippen LogP contribution is 2.33. The molecule has 0 heterocycles. The monoisotopic (exact) mass is 306 g/mol. The first kappa shape index (κ1) is 16.6. The zero-order valence-corrected chi connectivity index (χ0v) is 13.7. The van der Waals surface area contributed by atoms with Gasteiger partial charge in [0, 0.05) is 33.2 Å². The molecule has 1 aliphatic carbocycles. The molecule has 1 atom stereocenters. The molecule has 1 aliphatic rings. The summed E-state index contributed by atoms with van der Waals surface area (Å²) in [6.07, 6.45) is 3.35. The van der Waals surface area contributed by atoms with Crippen molar-refractivity contribution >= 4 is 6.03 Å². The highest BCUT2D eigenvalue weighted by molar-refractivity contribution is 5.73. The lowest BCUT2D eigenvalue weighted by Crippen LogP contribution is -2.41. The minimum Gasteiger partial charge on any atom is -0.497 e. The molecule has 0 saturated carbocycles. The summed E-state index contributed by atoms with van der Waals surface area (Å²) in [6.45, 7) is 1.83. The Morgan fingerprint density at radius 2 is 2.23 bits per heavy atom. The Kier molecular flexibility index (Phi) is 6.07. The van der Waals surface area contributed by atoms with Crippen LogP contribution in [0.4, 0.5) is 4.79 Å². The van der Waals surface area contributed by atoms with Crippen LogP contribution in [0.25, 0.3) is 0 Å². The number of aryl methyl sites for hydroxylation is 1. The molecule has 0 aromatic heterocycles. The number of urea groups is 1. The lowest BCUT2D eigenvalue weighted by molar-refractivity contribution is 0.159. The van der Waals surface area contributed by atoms with Crippen LogP contribution in [0.5, 0.6) is 5.75 Å². The Morgan fingerprint density at radius 3 is 2.95 bits per heavy atom. The maximum atomic E-state index is 12.0. The molecule has 0 radical (unpaired) electrons. The van der Waals surface area contributed by atoms with Gasteiger partial charge < -0.3 is 19.7 Å². The van der Waals surface area contributed by atoms with Crippen LogP contribution in [0.3, 0.4) is 0 Å². The molecule has 0 aliphatic heterocycles. The fourth-order valence-corrected chi connectivity index (χ4v) is 2.91. The minimum atomic E-state index is -0.0438. The van der Waals surface area contributed by atoms with Gasteiger partial charge >= 0.3 is 6.03 Å². The highest BCUT2D eigenvalue weighted by Gasteiger charge is 2.21. The third-order valence-corrected chi connectivity index (χ3v) is 4.27. The number of hydrogen-bond acceptors (Lipinski definition) is 3. The molecule has 1 aromatic rings. The summed E-state index contributed by atoms with van der Waals surface area (Å²) < 4.78 is 10.3. The predicted molar refractivity (Wildman–Crippen MR) is 86.6 cm³/mol. The number of likely N-dealkylation sites (N-methyl/N-ethyl adjacent to an activating group) is 1. The Bertz CT molecular complexity index is 505. The molecule has 5 heteroatoms. The summed E-state index contributed by atoms with van der Waals surface area (Å²) in [5, 5.41) is 3.03. The van der Waals surface area contributed by atoms with Crippen molar-refractivity contribution in [2.75, 3.05) is 41.0 Å². The van der Waals surface area contributed by atoms with Gasteiger partial charge in [-0.1, -0.05) is 6.07 Å². The quantitative estimate of drug-likeness (QED) is 0.878. The van der Waals surface area contributed by atoms with E-state index in [0.717, 1.165) is 25.0 Å². The summed E-state index contributed by atoms with van der Waals surface area (Å²) in [6, 6.07) is 6.22. The maximum Gasteiger partial charge on any atom is 0.317 e. The van der Waals surface area contributed by atoms with Gasteiger partial charge in [-0.25, -0.2) is 4.79 Å². The number of nitrogens with one attached hydrogen (secondary N) is 1. The molecule has 1 unspecified atom stereocenters. The Labute approximate surface area is 132 Å². The topological polar surface area (TPSA) is 50.8 Å². The number of fused-ring (bicyclic) bond motifs is 1. The van der Waals surface area contributed by atoms with E-state index in [4.69, 9.17) is 9.47 Å². The SMILES string of the molecule is COCCN(C)C(=O)NCC1CCCc2cc(OC)ccc21. The van der Waals surface area contributed by atoms with Crippen LogP contribution < -0.4 is 10.1 Å². The molecule has 0 bridgehead atoms. The van der Waals surface area contributed by atoms with E-state index < -0.39 is 0 Å². The van der Waals surface area contributed by atoms with Crippen LogP contribution in [-0.2, 0) is 11.2 Å². The first-order valence-corrected chi connectivity index (χ1v) is 7.80. The van der Waals surface area contributed by atoms with Gasteiger partial charge in [-0.2, -0.15) is 0 Å². The summed E-state index contributed by atoms with van der Waals surface area (Å²) in [5.41, 5.74) is 2.68. The molecule has 1 N–H and O–H groups in total. The standard InChI is InChI=1S/C17H26N2O3/c1-19(9-10-21-2)17(20)18-12-14-6-4-5-13-11-15(22-3)7-8-16(13)14/h7-8,11,14H,4-6,9-10,12H2,1-3H3,(H,18,20). The molecule has 0 spiro atoms. The van der Waals surface area contributed by atoms with E-state index in [1.165, 1.54) is 11.1 Å². The fraction of sp³-hybridized carbons (Fsp3) is 0.588. The first-order chi connectivity index (χ1) is 10.7. The van der Waals surface area contributed by atoms with Crippen LogP contribution in [0.15, 0.2) is 18.2 Å². The lowest BCUT2D eigenvalue weighted by atomic mass is 9.82. The number of rotatable bonds is 6. The molecule has 122 valence electrons. The second kappa shape index (κ2) is 8.03. The maximum absolute atomic E-state index is 12.0. The normalized spacial score (nSPS) is 16.8. The van der Waals surface area contributed by atoms with E-state index in [9.17, 15) is 4.79 Å². The van der Waals surface area contributed by atoms with Gasteiger partial charge in [0.2, 0.25) is 0 Å². The molecule has 2 amide bonds. The Balaban J connectivity index is 1.93. The van der Waals surface area contributed by atoms with E-state index in [1.807, 2.05) is 6.07 Å². The summed E-state index contributed by atoms with van der Waals surface area (Å²) in [5.74, 6) is 1.29. The first-order valence-electron chi connectivity index (χ1n) is 7.80. The fourth-order valence-electron chi connectivity index (χ4n) is 2.91. The van der Waals surface area contributed by atoms with Gasteiger partial charge in [0.25, 0.3) is 0 Å². The summed E-state index contributed by atoms with van der Waals surface area (Å²) in [7, 11) is 5.12. The van der Waals surface area contributed by atoms with Crippen LogP contribution in [0, 0.1) is 0 Å². The summed E-state index contributed by atoms with van der Waals surface area (Å²) in [4.78, 5) is 13.7. The van der Waals surface area contributed by atoms with Gasteiger partial charge in [0.15, 0.2) is 0 Å². The molecule has 22 heavy (non-hydrogen) atoms. The minimum absolute atomic E-state index is 0.0438. The van der Waals surface area contributed by atoms with Gasteiger partial charge in [-0.15, -0.1) is 0 Å². The molecule has 0 fully saturated rings. The van der Waals surface area contributed by atoms with E-state index in [-0.39, 0.29) is 6.03 Å². The van der Waals surface area contributed by atoms with E-state index >= 15 is 0 Å². The second-order valence-electron chi connectivity index (χ2n) is 5.75. The third-order valence-electron chi connectivity index (χ3n) is 4.27. The number of amides is 2. The van der Waals surface area contributed by atoms with Gasteiger partial charge in [-0.05, 0) is 42.5 Å². The van der Waals surface area contributed by atoms with Gasteiger partial charge in [0.1, 0.15) is 5.75 Å². The van der Waals surface area contributed by atoms with Crippen molar-refractivity contribution in [2.45, 2.75) is 25.2 Å². The van der Waals surface area contributed by atoms with Crippen molar-refractivity contribution in [3.05, 3.63) is 29.3 Å². The zero-order valence-electron chi connectivity index (χ0n) is 13.7. The van der Waals surface area contributed by atoms with Crippen molar-refractivity contribution in [1.82, 2.24) is 10.2 Å². The van der Waals surface area contributed by atoms with Crippen molar-refractivity contribution in [3.63, 3.8) is 0 Å². The van der Waals surface area contributed by atoms with E-state index in [0.29, 0.717) is 25.6 Å². The predicted octanol–water partition coefficient (Wildman–Crippen LogP) is 2.40. The van der Waals surface area contributed by atoms with Gasteiger partial charge in [-0.3, -0.25) is 0 Å². The number of hydrogen-bond donors (Lipinski definition) is 1. The number of benzene rings is 1. The lowest BCUT2D eigenvalue weighted by Gasteiger charge is -2.27. The van der Waals surface area contributed by atoms with Gasteiger partial charge in [0.05, 0.1) is 13.7 Å². The average Bonchev–Trinajstić information content (AvgIpc) is 2.56. The Hall–Kier alpha value is -1.75. The van der Waals surface area contributed by atoms with Crippen LogP contribution in [0.2, 0.25) is 0 Å². The zero-order chi connectivity index (χ0) is 15.9. The highest BCUT2D eigenvalue weighted by atomic mass is 16.5. The number of ether oxygens (including phenoxy) is 2. The van der Waals surface area contributed by atoms with E-state index in [2.05, 4.69) is 17.4 Å². The van der Waals surface area contributed by atoms with Crippen LogP contribution >= 0.6 is 0 Å². The number of nitrogens with zero attached hydrogens (tertiary/aromatic N) is 1. The van der Waals surface area contributed by atoms with Crippen molar-refractivity contribution in [2.24, 2.45) is 0 Å². The number of carbonyl (C=O) groups excluding carboxylic acids is 1. The largest absolute Gasteiger partial charge is 0.497 e. The molecular formula is C17H26N2O3. The molecule has 0 saturated heterocycles. The van der Waals surface area contributed by atoms with E-state index in [1.54, 1.807) is 26.2 Å². The van der Waals surface area contributed by atoms with Crippen LogP contribution in [0.1, 0.15) is 29.9 Å². The Morgan fingerprint density at radius 1 is 1.41 bits per heavy atom. The molecule has 1 aromatic carbocycles. The third kappa shape index (κ3) is 4.13. The van der Waals surface area contributed by atoms with Crippen molar-refractivity contribution in [3.8, 4) is 5.75 Å².